The molecule has 0 aliphatic carbocycles. The van der Waals surface area contributed by atoms with Gasteiger partial charge in [0.25, 0.3) is 5.91 Å². The highest BCUT2D eigenvalue weighted by atomic mass is 16.5. The molecule has 1 saturated heterocycles. The van der Waals surface area contributed by atoms with E-state index in [1.807, 2.05) is 30.0 Å². The number of fused-ring (bicyclic) bond motifs is 1. The summed E-state index contributed by atoms with van der Waals surface area (Å²) in [6, 6.07) is 9.50. The monoisotopic (exact) mass is 379 g/mol. The Kier molecular flexibility index (Phi) is 4.65. The number of H-pyrrole nitrogens is 1. The normalized spacial score (nSPS) is 18.4. The van der Waals surface area contributed by atoms with Crippen molar-refractivity contribution in [2.75, 3.05) is 19.7 Å². The number of rotatable bonds is 4. The average Bonchev–Trinajstić information content (AvgIpc) is 3.36. The van der Waals surface area contributed by atoms with E-state index in [1.165, 1.54) is 0 Å². The molecule has 2 aliphatic heterocycles. The van der Waals surface area contributed by atoms with Crippen LogP contribution in [0.3, 0.4) is 0 Å². The minimum Gasteiger partial charge on any atom is -0.484 e. The summed E-state index contributed by atoms with van der Waals surface area (Å²) in [5, 5.41) is 16.6. The van der Waals surface area contributed by atoms with Crippen molar-refractivity contribution in [1.82, 2.24) is 15.1 Å². The second-order valence-corrected chi connectivity index (χ2v) is 6.94. The van der Waals surface area contributed by atoms with Crippen LogP contribution in [0.15, 0.2) is 35.7 Å². The molecule has 1 amide bonds. The number of ether oxygens (including phenoxy) is 2. The average molecular weight is 379 g/mol. The molecule has 0 spiro atoms. The van der Waals surface area contributed by atoms with E-state index in [2.05, 4.69) is 16.3 Å². The first-order valence-corrected chi connectivity index (χ1v) is 9.21. The molecular formula is C20H21N5O3. The zero-order chi connectivity index (χ0) is 19.7. The number of aromatic nitrogens is 2. The van der Waals surface area contributed by atoms with Crippen LogP contribution in [0.1, 0.15) is 35.6 Å². The van der Waals surface area contributed by atoms with Gasteiger partial charge in [0.2, 0.25) is 11.8 Å². The van der Waals surface area contributed by atoms with Gasteiger partial charge in [-0.3, -0.25) is 9.89 Å². The maximum Gasteiger partial charge on any atom is 0.260 e. The standard InChI is InChI=1S/C20H21N5O3/c1-12-17-18(15(10-21)19(22)28-20(17)24-23-12)13-5-4-6-14(9-13)27-11-16(26)25-7-2-3-8-25/h4-6,9,18H,2-3,7-8,11,22H2,1H3,(H,23,24). The Morgan fingerprint density at radius 1 is 1.46 bits per heavy atom. The lowest BCUT2D eigenvalue weighted by molar-refractivity contribution is -0.132. The number of carbonyl (C=O) groups is 1. The SMILES string of the molecule is Cc1[nH]nc2c1C(c1cccc(OCC(=O)N3CCCC3)c1)C(C#N)=C(N)O2. The minimum atomic E-state index is -0.412. The number of benzene rings is 1. The summed E-state index contributed by atoms with van der Waals surface area (Å²) >= 11 is 0. The predicted molar refractivity (Wildman–Crippen MR) is 100 cm³/mol. The second-order valence-electron chi connectivity index (χ2n) is 6.94. The third kappa shape index (κ3) is 3.16. The van der Waals surface area contributed by atoms with Crippen LogP contribution in [0, 0.1) is 18.3 Å². The summed E-state index contributed by atoms with van der Waals surface area (Å²) in [7, 11) is 0. The lowest BCUT2D eigenvalue weighted by atomic mass is 9.84. The quantitative estimate of drug-likeness (QED) is 0.838. The highest BCUT2D eigenvalue weighted by Crippen LogP contribution is 2.43. The highest BCUT2D eigenvalue weighted by Gasteiger charge is 2.34. The fourth-order valence-corrected chi connectivity index (χ4v) is 3.72. The summed E-state index contributed by atoms with van der Waals surface area (Å²) in [5.41, 5.74) is 8.66. The molecule has 8 heteroatoms. The van der Waals surface area contributed by atoms with Crippen LogP contribution < -0.4 is 15.2 Å². The first-order valence-electron chi connectivity index (χ1n) is 9.21. The number of nitrogens with two attached hydrogens (primary N) is 1. The third-order valence-electron chi connectivity index (χ3n) is 5.14. The zero-order valence-electron chi connectivity index (χ0n) is 15.6. The number of amides is 1. The van der Waals surface area contributed by atoms with Gasteiger partial charge >= 0.3 is 0 Å². The van der Waals surface area contributed by atoms with Gasteiger partial charge in [0.05, 0.1) is 5.92 Å². The van der Waals surface area contributed by atoms with Crippen molar-refractivity contribution in [3.63, 3.8) is 0 Å². The van der Waals surface area contributed by atoms with Gasteiger partial charge in [0, 0.05) is 24.3 Å². The molecule has 2 aromatic rings. The molecule has 0 radical (unpaired) electrons. The van der Waals surface area contributed by atoms with E-state index in [9.17, 15) is 10.1 Å². The largest absolute Gasteiger partial charge is 0.484 e. The number of allylic oxidation sites excluding steroid dienone is 1. The lowest BCUT2D eigenvalue weighted by Gasteiger charge is -2.24. The zero-order valence-corrected chi connectivity index (χ0v) is 15.6. The Labute approximate surface area is 162 Å². The van der Waals surface area contributed by atoms with Crippen molar-refractivity contribution in [3.05, 3.63) is 52.5 Å². The van der Waals surface area contributed by atoms with Gasteiger partial charge < -0.3 is 20.1 Å². The summed E-state index contributed by atoms with van der Waals surface area (Å²) in [6.07, 6.45) is 2.09. The van der Waals surface area contributed by atoms with E-state index < -0.39 is 5.92 Å². The molecule has 3 heterocycles. The van der Waals surface area contributed by atoms with Crippen molar-refractivity contribution < 1.29 is 14.3 Å². The van der Waals surface area contributed by atoms with Crippen molar-refractivity contribution in [2.45, 2.75) is 25.7 Å². The maximum absolute atomic E-state index is 12.2. The number of hydrogen-bond acceptors (Lipinski definition) is 6. The Morgan fingerprint density at radius 2 is 2.25 bits per heavy atom. The first kappa shape index (κ1) is 17.9. The summed E-state index contributed by atoms with van der Waals surface area (Å²) in [4.78, 5) is 14.0. The highest BCUT2D eigenvalue weighted by molar-refractivity contribution is 5.78. The van der Waals surface area contributed by atoms with Crippen molar-refractivity contribution in [3.8, 4) is 17.7 Å². The van der Waals surface area contributed by atoms with Gasteiger partial charge in [-0.25, -0.2) is 0 Å². The summed E-state index contributed by atoms with van der Waals surface area (Å²) < 4.78 is 11.2. The molecule has 1 aromatic heterocycles. The van der Waals surface area contributed by atoms with E-state index in [-0.39, 0.29) is 18.4 Å². The molecule has 3 N–H and O–H groups in total. The van der Waals surface area contributed by atoms with E-state index in [0.29, 0.717) is 17.2 Å². The predicted octanol–water partition coefficient (Wildman–Crippen LogP) is 1.94. The number of nitriles is 1. The van der Waals surface area contributed by atoms with E-state index in [1.54, 1.807) is 6.07 Å². The Hall–Kier alpha value is -3.47. The number of likely N-dealkylation sites (tertiary alicyclic amines) is 1. The second kappa shape index (κ2) is 7.27. The van der Waals surface area contributed by atoms with Gasteiger partial charge in [0.1, 0.15) is 17.4 Å². The Bertz CT molecular complexity index is 982. The number of hydrogen-bond donors (Lipinski definition) is 2. The lowest BCUT2D eigenvalue weighted by Crippen LogP contribution is -2.32. The summed E-state index contributed by atoms with van der Waals surface area (Å²) in [5.74, 6) is 0.556. The first-order chi connectivity index (χ1) is 13.6. The van der Waals surface area contributed by atoms with Crippen molar-refractivity contribution in [1.29, 1.82) is 5.26 Å². The van der Waals surface area contributed by atoms with Crippen LogP contribution in [-0.2, 0) is 4.79 Å². The number of carbonyl (C=O) groups excluding carboxylic acids is 1. The van der Waals surface area contributed by atoms with Crippen molar-refractivity contribution >= 4 is 5.91 Å². The van der Waals surface area contributed by atoms with Gasteiger partial charge in [-0.2, -0.15) is 5.26 Å². The van der Waals surface area contributed by atoms with Crippen molar-refractivity contribution in [2.24, 2.45) is 5.73 Å². The third-order valence-corrected chi connectivity index (χ3v) is 5.14. The van der Waals surface area contributed by atoms with Crippen LogP contribution in [-0.4, -0.2) is 40.7 Å². The molecule has 0 saturated carbocycles. The van der Waals surface area contributed by atoms with Crippen LogP contribution in [0.5, 0.6) is 11.6 Å². The van der Waals surface area contributed by atoms with E-state index in [0.717, 1.165) is 42.8 Å². The topological polar surface area (TPSA) is 117 Å². The van der Waals surface area contributed by atoms with Gasteiger partial charge in [-0.05, 0) is 37.5 Å². The number of nitrogens with one attached hydrogen (secondary N) is 1. The number of aryl methyl sites for hydroxylation is 1. The molecule has 28 heavy (non-hydrogen) atoms. The fourth-order valence-electron chi connectivity index (χ4n) is 3.72. The van der Waals surface area contributed by atoms with Gasteiger partial charge in [-0.15, -0.1) is 5.10 Å². The molecule has 144 valence electrons. The molecule has 1 unspecified atom stereocenters. The van der Waals surface area contributed by atoms with Crippen LogP contribution in [0.4, 0.5) is 0 Å². The van der Waals surface area contributed by atoms with Crippen LogP contribution >= 0.6 is 0 Å². The molecule has 2 aliphatic rings. The number of nitrogens with zero attached hydrogens (tertiary/aromatic N) is 3. The summed E-state index contributed by atoms with van der Waals surface area (Å²) in [6.45, 7) is 3.45. The Balaban J connectivity index is 1.60. The fraction of sp³-hybridized carbons (Fsp3) is 0.350. The van der Waals surface area contributed by atoms with Gasteiger partial charge in [0.15, 0.2) is 6.61 Å². The molecule has 0 bridgehead atoms. The molecule has 8 nitrogen and oxygen atoms in total. The molecule has 4 rings (SSSR count). The van der Waals surface area contributed by atoms with Gasteiger partial charge in [-0.1, -0.05) is 12.1 Å². The van der Waals surface area contributed by atoms with Crippen LogP contribution in [0.2, 0.25) is 0 Å². The molecule has 1 aromatic carbocycles. The maximum atomic E-state index is 12.2. The van der Waals surface area contributed by atoms with E-state index in [4.69, 9.17) is 15.2 Å². The van der Waals surface area contributed by atoms with E-state index >= 15 is 0 Å². The van der Waals surface area contributed by atoms with Crippen LogP contribution in [0.25, 0.3) is 0 Å². The minimum absolute atomic E-state index is 0.00367. The Morgan fingerprint density at radius 3 is 3.00 bits per heavy atom. The molecular weight excluding hydrogens is 358 g/mol. The molecule has 1 fully saturated rings. The molecule has 1 atom stereocenters. The number of aromatic amines is 1. The smallest absolute Gasteiger partial charge is 0.260 e.